The summed E-state index contributed by atoms with van der Waals surface area (Å²) < 4.78 is 0. The Kier molecular flexibility index (Phi) is 4.34. The molecule has 0 radical (unpaired) electrons. The summed E-state index contributed by atoms with van der Waals surface area (Å²) in [7, 11) is 0. The smallest absolute Gasteiger partial charge is 0.0938 e. The van der Waals surface area contributed by atoms with Crippen LogP contribution in [0.1, 0.15) is 21.8 Å². The van der Waals surface area contributed by atoms with E-state index in [9.17, 15) is 10.2 Å². The number of nitrogens with zero attached hydrogens (tertiary/aromatic N) is 1. The highest BCUT2D eigenvalue weighted by atomic mass is 32.1. The van der Waals surface area contributed by atoms with Crippen LogP contribution < -0.4 is 0 Å². The van der Waals surface area contributed by atoms with Crippen molar-refractivity contribution in [1.82, 2.24) is 4.98 Å². The minimum atomic E-state index is -0.655. The fraction of sp³-hybridized carbons (Fsp3) is 0.400. The Morgan fingerprint density at radius 2 is 1.74 bits per heavy atom. The van der Waals surface area contributed by atoms with Crippen molar-refractivity contribution in [2.75, 3.05) is 13.2 Å². The van der Waals surface area contributed by atoms with Crippen molar-refractivity contribution in [2.24, 2.45) is 0 Å². The number of hydrogen-bond acceptors (Lipinski definition) is 4. The molecule has 2 rings (SSSR count). The summed E-state index contributed by atoms with van der Waals surface area (Å²) in [5, 5.41) is 22.5. The summed E-state index contributed by atoms with van der Waals surface area (Å²) in [4.78, 5) is 4.43. The predicted molar refractivity (Wildman–Crippen MR) is 77.6 cm³/mol. The van der Waals surface area contributed by atoms with Crippen molar-refractivity contribution in [3.63, 3.8) is 0 Å². The quantitative estimate of drug-likeness (QED) is 0.881. The molecule has 0 aliphatic rings. The van der Waals surface area contributed by atoms with Crippen molar-refractivity contribution in [2.45, 2.75) is 25.7 Å². The summed E-state index contributed by atoms with van der Waals surface area (Å²) in [6.07, 6.45) is 0.557. The van der Waals surface area contributed by atoms with Crippen LogP contribution in [0.25, 0.3) is 0 Å². The number of aryl methyl sites for hydroxylation is 2. The molecule has 2 N–H and O–H groups in total. The van der Waals surface area contributed by atoms with Gasteiger partial charge in [0.05, 0.1) is 18.2 Å². The summed E-state index contributed by atoms with van der Waals surface area (Å²) in [6, 6.07) is 7.95. The second-order valence-electron chi connectivity index (χ2n) is 5.02. The average Bonchev–Trinajstić information content (AvgIpc) is 2.82. The van der Waals surface area contributed by atoms with Gasteiger partial charge in [0.2, 0.25) is 0 Å². The summed E-state index contributed by atoms with van der Waals surface area (Å²) in [5.41, 5.74) is 2.45. The molecule has 0 fully saturated rings. The standard InChI is InChI=1S/C15H19NO2S/c1-11-3-5-13(6-4-11)15(9-17,10-18)7-14-16-12(2)8-19-14/h3-6,8,17-18H,7,9-10H2,1-2H3. The number of rotatable bonds is 5. The van der Waals surface area contributed by atoms with Crippen LogP contribution in [0.4, 0.5) is 0 Å². The molecule has 3 nitrogen and oxygen atoms in total. The lowest BCUT2D eigenvalue weighted by atomic mass is 9.79. The van der Waals surface area contributed by atoms with Gasteiger partial charge in [0.25, 0.3) is 0 Å². The predicted octanol–water partition coefficient (Wildman–Crippen LogP) is 2.23. The first kappa shape index (κ1) is 14.2. The number of hydrogen-bond donors (Lipinski definition) is 2. The maximum absolute atomic E-state index is 9.78. The molecule has 19 heavy (non-hydrogen) atoms. The first-order chi connectivity index (χ1) is 9.09. The topological polar surface area (TPSA) is 53.4 Å². The Morgan fingerprint density at radius 3 is 2.21 bits per heavy atom. The number of aromatic nitrogens is 1. The van der Waals surface area contributed by atoms with E-state index >= 15 is 0 Å². The van der Waals surface area contributed by atoms with Gasteiger partial charge in [-0.3, -0.25) is 0 Å². The molecule has 0 saturated carbocycles. The van der Waals surface area contributed by atoms with E-state index in [1.165, 1.54) is 5.56 Å². The molecule has 1 heterocycles. The van der Waals surface area contributed by atoms with Crippen LogP contribution in [0.2, 0.25) is 0 Å². The van der Waals surface area contributed by atoms with E-state index in [2.05, 4.69) is 4.98 Å². The molecule has 4 heteroatoms. The van der Waals surface area contributed by atoms with Gasteiger partial charge in [-0.1, -0.05) is 29.8 Å². The summed E-state index contributed by atoms with van der Waals surface area (Å²) in [6.45, 7) is 3.79. The third-order valence-electron chi connectivity index (χ3n) is 3.43. The molecule has 0 aliphatic heterocycles. The Morgan fingerprint density at radius 1 is 1.11 bits per heavy atom. The minimum Gasteiger partial charge on any atom is -0.395 e. The van der Waals surface area contributed by atoms with Gasteiger partial charge in [0.15, 0.2) is 0 Å². The van der Waals surface area contributed by atoms with Gasteiger partial charge in [-0.05, 0) is 19.4 Å². The number of benzene rings is 1. The molecule has 0 amide bonds. The SMILES string of the molecule is Cc1ccc(C(CO)(CO)Cc2nc(C)cs2)cc1. The average molecular weight is 277 g/mol. The number of aliphatic hydroxyl groups excluding tert-OH is 2. The van der Waals surface area contributed by atoms with E-state index in [4.69, 9.17) is 0 Å². The lowest BCUT2D eigenvalue weighted by Crippen LogP contribution is -2.37. The van der Waals surface area contributed by atoms with Crippen molar-refractivity contribution < 1.29 is 10.2 Å². The van der Waals surface area contributed by atoms with Crippen LogP contribution in [0.5, 0.6) is 0 Å². The molecule has 1 aromatic carbocycles. The van der Waals surface area contributed by atoms with E-state index in [1.54, 1.807) is 11.3 Å². The fourth-order valence-corrected chi connectivity index (χ4v) is 3.04. The van der Waals surface area contributed by atoms with Crippen LogP contribution >= 0.6 is 11.3 Å². The zero-order valence-electron chi connectivity index (χ0n) is 11.3. The molecule has 0 bridgehead atoms. The second-order valence-corrected chi connectivity index (χ2v) is 5.96. The van der Waals surface area contributed by atoms with Gasteiger partial charge >= 0.3 is 0 Å². The third-order valence-corrected chi connectivity index (χ3v) is 4.39. The zero-order valence-corrected chi connectivity index (χ0v) is 12.1. The van der Waals surface area contributed by atoms with Crippen LogP contribution in [-0.2, 0) is 11.8 Å². The van der Waals surface area contributed by atoms with Gasteiger partial charge in [-0.25, -0.2) is 4.98 Å². The fourth-order valence-electron chi connectivity index (χ4n) is 2.13. The first-order valence-electron chi connectivity index (χ1n) is 6.29. The summed E-state index contributed by atoms with van der Waals surface area (Å²) in [5.74, 6) is 0. The van der Waals surface area contributed by atoms with Gasteiger partial charge in [0, 0.05) is 22.9 Å². The van der Waals surface area contributed by atoms with Crippen molar-refractivity contribution in [3.05, 3.63) is 51.5 Å². The van der Waals surface area contributed by atoms with E-state index < -0.39 is 5.41 Å². The van der Waals surface area contributed by atoms with Gasteiger partial charge < -0.3 is 10.2 Å². The zero-order chi connectivity index (χ0) is 13.9. The first-order valence-corrected chi connectivity index (χ1v) is 7.17. The Labute approximate surface area is 117 Å². The highest BCUT2D eigenvalue weighted by Gasteiger charge is 2.32. The normalized spacial score (nSPS) is 11.8. The van der Waals surface area contributed by atoms with E-state index in [0.29, 0.717) is 6.42 Å². The van der Waals surface area contributed by atoms with Gasteiger partial charge in [-0.15, -0.1) is 11.3 Å². The molecular weight excluding hydrogens is 258 g/mol. The van der Waals surface area contributed by atoms with Gasteiger partial charge in [0.1, 0.15) is 0 Å². The second kappa shape index (κ2) is 5.82. The maximum atomic E-state index is 9.78. The number of aliphatic hydroxyl groups is 2. The van der Waals surface area contributed by atoms with E-state index in [-0.39, 0.29) is 13.2 Å². The van der Waals surface area contributed by atoms with Crippen LogP contribution in [0, 0.1) is 13.8 Å². The van der Waals surface area contributed by atoms with Crippen molar-refractivity contribution in [3.8, 4) is 0 Å². The highest BCUT2D eigenvalue weighted by molar-refractivity contribution is 7.09. The van der Waals surface area contributed by atoms with Gasteiger partial charge in [-0.2, -0.15) is 0 Å². The molecule has 1 aromatic heterocycles. The minimum absolute atomic E-state index is 0.0921. The lowest BCUT2D eigenvalue weighted by molar-refractivity contribution is 0.116. The Bertz CT molecular complexity index is 529. The summed E-state index contributed by atoms with van der Waals surface area (Å²) >= 11 is 1.57. The molecule has 0 aliphatic carbocycles. The molecule has 0 saturated heterocycles. The van der Waals surface area contributed by atoms with Crippen LogP contribution in [0.3, 0.4) is 0 Å². The van der Waals surface area contributed by atoms with Crippen molar-refractivity contribution >= 4 is 11.3 Å². The molecular formula is C15H19NO2S. The molecule has 0 spiro atoms. The van der Waals surface area contributed by atoms with Crippen molar-refractivity contribution in [1.29, 1.82) is 0 Å². The lowest BCUT2D eigenvalue weighted by Gasteiger charge is -2.29. The monoisotopic (exact) mass is 277 g/mol. The van der Waals surface area contributed by atoms with E-state index in [1.807, 2.05) is 43.5 Å². The molecule has 102 valence electrons. The Balaban J connectivity index is 2.33. The highest BCUT2D eigenvalue weighted by Crippen LogP contribution is 2.29. The maximum Gasteiger partial charge on any atom is 0.0938 e. The molecule has 0 unspecified atom stereocenters. The Hall–Kier alpha value is -1.23. The largest absolute Gasteiger partial charge is 0.395 e. The number of thiazole rings is 1. The van der Waals surface area contributed by atoms with Crippen LogP contribution in [-0.4, -0.2) is 28.4 Å². The molecule has 2 aromatic rings. The molecule has 0 atom stereocenters. The third kappa shape index (κ3) is 3.03. The van der Waals surface area contributed by atoms with E-state index in [0.717, 1.165) is 16.3 Å². The van der Waals surface area contributed by atoms with Crippen LogP contribution in [0.15, 0.2) is 29.6 Å².